The van der Waals surface area contributed by atoms with E-state index in [9.17, 15) is 18.0 Å². The lowest BCUT2D eigenvalue weighted by molar-refractivity contribution is -0.151. The second-order valence-corrected chi connectivity index (χ2v) is 5.14. The molecule has 0 spiro atoms. The van der Waals surface area contributed by atoms with Crippen molar-refractivity contribution in [2.75, 3.05) is 32.7 Å². The summed E-state index contributed by atoms with van der Waals surface area (Å²) in [6.45, 7) is 0.414. The van der Waals surface area contributed by atoms with E-state index in [1.165, 1.54) is 4.90 Å². The van der Waals surface area contributed by atoms with Crippen molar-refractivity contribution in [2.24, 2.45) is 5.73 Å². The summed E-state index contributed by atoms with van der Waals surface area (Å²) in [7, 11) is 0. The van der Waals surface area contributed by atoms with Crippen LogP contribution in [0.5, 0.6) is 0 Å². The van der Waals surface area contributed by atoms with Gasteiger partial charge >= 0.3 is 6.18 Å². The molecule has 2 rings (SSSR count). The lowest BCUT2D eigenvalue weighted by Gasteiger charge is -2.38. The van der Waals surface area contributed by atoms with Crippen molar-refractivity contribution in [1.29, 1.82) is 0 Å². The van der Waals surface area contributed by atoms with Crippen LogP contribution in [0.3, 0.4) is 0 Å². The lowest BCUT2D eigenvalue weighted by atomic mass is 10.0. The van der Waals surface area contributed by atoms with Crippen LogP contribution in [-0.4, -0.2) is 54.6 Å². The summed E-state index contributed by atoms with van der Waals surface area (Å²) in [5.41, 5.74) is 6.23. The molecule has 1 aliphatic rings. The summed E-state index contributed by atoms with van der Waals surface area (Å²) in [6, 6.07) is 8.48. The average molecular weight is 301 g/mol. The van der Waals surface area contributed by atoms with Crippen molar-refractivity contribution in [3.05, 3.63) is 35.9 Å². The molecule has 0 aromatic heterocycles. The number of alkyl halides is 3. The van der Waals surface area contributed by atoms with Gasteiger partial charge in [0.05, 0.1) is 6.54 Å². The first-order valence-electron chi connectivity index (χ1n) is 6.74. The molecule has 0 radical (unpaired) electrons. The zero-order valence-corrected chi connectivity index (χ0v) is 11.5. The van der Waals surface area contributed by atoms with Crippen LogP contribution in [-0.2, 0) is 4.79 Å². The van der Waals surface area contributed by atoms with Crippen molar-refractivity contribution in [3.63, 3.8) is 0 Å². The number of amides is 1. The Morgan fingerprint density at radius 3 is 2.19 bits per heavy atom. The van der Waals surface area contributed by atoms with Crippen molar-refractivity contribution in [3.8, 4) is 0 Å². The highest BCUT2D eigenvalue weighted by Gasteiger charge is 2.34. The van der Waals surface area contributed by atoms with Crippen LogP contribution in [0.25, 0.3) is 0 Å². The molecule has 1 aromatic carbocycles. The zero-order chi connectivity index (χ0) is 15.5. The van der Waals surface area contributed by atoms with E-state index < -0.39 is 24.7 Å². The summed E-state index contributed by atoms with van der Waals surface area (Å²) in [5.74, 6) is -0.481. The first-order chi connectivity index (χ1) is 9.87. The van der Waals surface area contributed by atoms with Gasteiger partial charge in [-0.1, -0.05) is 30.3 Å². The number of piperazine rings is 1. The second-order valence-electron chi connectivity index (χ2n) is 5.14. The molecule has 1 atom stereocenters. The Morgan fingerprint density at radius 1 is 1.14 bits per heavy atom. The summed E-state index contributed by atoms with van der Waals surface area (Å²) in [4.78, 5) is 14.9. The molecule has 0 aliphatic carbocycles. The Balaban J connectivity index is 2.00. The van der Waals surface area contributed by atoms with Crippen molar-refractivity contribution < 1.29 is 18.0 Å². The summed E-state index contributed by atoms with van der Waals surface area (Å²) < 4.78 is 37.1. The van der Waals surface area contributed by atoms with E-state index in [4.69, 9.17) is 5.73 Å². The number of carbonyl (C=O) groups is 1. The van der Waals surface area contributed by atoms with Crippen molar-refractivity contribution in [1.82, 2.24) is 9.80 Å². The highest BCUT2D eigenvalue weighted by molar-refractivity contribution is 5.81. The number of hydrogen-bond acceptors (Lipinski definition) is 3. The maximum absolute atomic E-state index is 12.4. The predicted molar refractivity (Wildman–Crippen MR) is 72.4 cm³/mol. The van der Waals surface area contributed by atoms with Crippen molar-refractivity contribution >= 4 is 5.91 Å². The number of primary amides is 1. The molecule has 1 aromatic rings. The maximum atomic E-state index is 12.4. The number of nitrogens with zero attached hydrogens (tertiary/aromatic N) is 2. The minimum Gasteiger partial charge on any atom is -0.368 e. The first kappa shape index (κ1) is 15.8. The number of hydrogen-bond donors (Lipinski definition) is 1. The molecule has 1 aliphatic heterocycles. The standard InChI is InChI=1S/C14H18F3N3O/c15-14(16,17)10-19-6-8-20(9-7-19)12(13(18)21)11-4-2-1-3-5-11/h1-5,12H,6-10H2,(H2,18,21). The third-order valence-corrected chi connectivity index (χ3v) is 3.56. The van der Waals surface area contributed by atoms with E-state index >= 15 is 0 Å². The van der Waals surface area contributed by atoms with Gasteiger partial charge in [0.25, 0.3) is 0 Å². The minimum absolute atomic E-state index is 0.274. The van der Waals surface area contributed by atoms with Crippen LogP contribution in [0.2, 0.25) is 0 Å². The van der Waals surface area contributed by atoms with E-state index in [1.807, 2.05) is 23.1 Å². The van der Waals surface area contributed by atoms with Gasteiger partial charge in [-0.2, -0.15) is 13.2 Å². The molecular formula is C14H18F3N3O. The SMILES string of the molecule is NC(=O)C(c1ccccc1)N1CCN(CC(F)(F)F)CC1. The van der Waals surface area contributed by atoms with Gasteiger partial charge in [-0.3, -0.25) is 14.6 Å². The molecule has 0 bridgehead atoms. The third kappa shape index (κ3) is 4.44. The summed E-state index contributed by atoms with van der Waals surface area (Å²) >= 11 is 0. The van der Waals surface area contributed by atoms with Crippen LogP contribution >= 0.6 is 0 Å². The van der Waals surface area contributed by atoms with Crippen LogP contribution in [0.1, 0.15) is 11.6 Å². The third-order valence-electron chi connectivity index (χ3n) is 3.56. The molecule has 1 fully saturated rings. The first-order valence-corrected chi connectivity index (χ1v) is 6.74. The van der Waals surface area contributed by atoms with E-state index in [2.05, 4.69) is 0 Å². The quantitative estimate of drug-likeness (QED) is 0.914. The van der Waals surface area contributed by atoms with E-state index in [0.717, 1.165) is 5.56 Å². The zero-order valence-electron chi connectivity index (χ0n) is 11.5. The molecular weight excluding hydrogens is 283 g/mol. The van der Waals surface area contributed by atoms with Crippen LogP contribution in [0.15, 0.2) is 30.3 Å². The van der Waals surface area contributed by atoms with Crippen LogP contribution < -0.4 is 5.73 Å². The topological polar surface area (TPSA) is 49.6 Å². The fourth-order valence-corrected chi connectivity index (χ4v) is 2.62. The molecule has 7 heteroatoms. The van der Waals surface area contributed by atoms with Gasteiger partial charge in [0.2, 0.25) is 5.91 Å². The molecule has 1 heterocycles. The molecule has 21 heavy (non-hydrogen) atoms. The maximum Gasteiger partial charge on any atom is 0.401 e. The number of rotatable bonds is 4. The van der Waals surface area contributed by atoms with E-state index in [1.54, 1.807) is 12.1 Å². The van der Waals surface area contributed by atoms with E-state index in [-0.39, 0.29) is 13.1 Å². The number of nitrogens with two attached hydrogens (primary N) is 1. The average Bonchev–Trinajstić information content (AvgIpc) is 2.40. The fraction of sp³-hybridized carbons (Fsp3) is 0.500. The largest absolute Gasteiger partial charge is 0.401 e. The second kappa shape index (κ2) is 6.44. The minimum atomic E-state index is -4.19. The summed E-state index contributed by atoms with van der Waals surface area (Å²) in [5, 5.41) is 0. The highest BCUT2D eigenvalue weighted by Crippen LogP contribution is 2.23. The molecule has 2 N–H and O–H groups in total. The smallest absolute Gasteiger partial charge is 0.368 e. The van der Waals surface area contributed by atoms with Gasteiger partial charge in [-0.05, 0) is 5.56 Å². The monoisotopic (exact) mass is 301 g/mol. The molecule has 1 unspecified atom stereocenters. The Kier molecular flexibility index (Phi) is 4.84. The molecule has 0 saturated carbocycles. The van der Waals surface area contributed by atoms with Gasteiger partial charge < -0.3 is 5.73 Å². The normalized spacial score (nSPS) is 19.4. The molecule has 1 saturated heterocycles. The lowest BCUT2D eigenvalue weighted by Crippen LogP contribution is -2.52. The van der Waals surface area contributed by atoms with Crippen LogP contribution in [0, 0.1) is 0 Å². The molecule has 1 amide bonds. The number of benzene rings is 1. The van der Waals surface area contributed by atoms with Gasteiger partial charge in [-0.15, -0.1) is 0 Å². The van der Waals surface area contributed by atoms with Gasteiger partial charge in [0, 0.05) is 26.2 Å². The highest BCUT2D eigenvalue weighted by atomic mass is 19.4. The fourth-order valence-electron chi connectivity index (χ4n) is 2.62. The predicted octanol–water partition coefficient (Wildman–Crippen LogP) is 1.39. The van der Waals surface area contributed by atoms with Crippen molar-refractivity contribution in [2.45, 2.75) is 12.2 Å². The van der Waals surface area contributed by atoms with Crippen LogP contribution in [0.4, 0.5) is 13.2 Å². The number of halogens is 3. The van der Waals surface area contributed by atoms with Gasteiger partial charge in [0.15, 0.2) is 0 Å². The molecule has 116 valence electrons. The molecule has 4 nitrogen and oxygen atoms in total. The van der Waals surface area contributed by atoms with E-state index in [0.29, 0.717) is 13.1 Å². The Morgan fingerprint density at radius 2 is 1.71 bits per heavy atom. The number of carbonyl (C=O) groups excluding carboxylic acids is 1. The Bertz CT molecular complexity index is 470. The van der Waals surface area contributed by atoms with Gasteiger partial charge in [-0.25, -0.2) is 0 Å². The Labute approximate surface area is 121 Å². The summed E-state index contributed by atoms with van der Waals surface area (Å²) in [6.07, 6.45) is -4.19. The van der Waals surface area contributed by atoms with Gasteiger partial charge in [0.1, 0.15) is 6.04 Å². The Hall–Kier alpha value is -1.60.